The van der Waals surface area contributed by atoms with Gasteiger partial charge in [-0.1, -0.05) is 6.92 Å². The number of phenolic OH excluding ortho intramolecular Hbond substituents is 1. The first-order chi connectivity index (χ1) is 8.54. The number of methoxy groups -OCH3 is 2. The molecular formula is C13H19NO4. The van der Waals surface area contributed by atoms with E-state index in [1.807, 2.05) is 6.92 Å². The minimum absolute atomic E-state index is 0.0357. The van der Waals surface area contributed by atoms with Crippen molar-refractivity contribution in [2.24, 2.45) is 5.73 Å². The first kappa shape index (κ1) is 14.3. The minimum atomic E-state index is -0.463. The molecule has 0 amide bonds. The second-order valence-corrected chi connectivity index (χ2v) is 4.09. The molecule has 0 saturated heterocycles. The van der Waals surface area contributed by atoms with Crippen molar-refractivity contribution in [3.63, 3.8) is 0 Å². The SMILES string of the molecule is COC(=O)c1cc(OC)c(O)c(C(C)CCN)c1. The van der Waals surface area contributed by atoms with Gasteiger partial charge in [0.2, 0.25) is 0 Å². The zero-order chi connectivity index (χ0) is 13.7. The molecule has 0 spiro atoms. The van der Waals surface area contributed by atoms with Crippen LogP contribution in [-0.2, 0) is 4.74 Å². The van der Waals surface area contributed by atoms with Crippen LogP contribution in [0.5, 0.6) is 11.5 Å². The van der Waals surface area contributed by atoms with Crippen molar-refractivity contribution in [1.29, 1.82) is 0 Å². The second kappa shape index (κ2) is 6.26. The van der Waals surface area contributed by atoms with Crippen molar-refractivity contribution >= 4 is 5.97 Å². The van der Waals surface area contributed by atoms with Crippen LogP contribution in [0.1, 0.15) is 35.2 Å². The quantitative estimate of drug-likeness (QED) is 0.779. The average Bonchev–Trinajstić information content (AvgIpc) is 2.38. The number of aromatic hydroxyl groups is 1. The van der Waals surface area contributed by atoms with Gasteiger partial charge in [-0.15, -0.1) is 0 Å². The summed E-state index contributed by atoms with van der Waals surface area (Å²) in [6, 6.07) is 3.07. The average molecular weight is 253 g/mol. The fourth-order valence-corrected chi connectivity index (χ4v) is 1.80. The van der Waals surface area contributed by atoms with Crippen LogP contribution in [0.4, 0.5) is 0 Å². The van der Waals surface area contributed by atoms with Crippen LogP contribution in [0.2, 0.25) is 0 Å². The summed E-state index contributed by atoms with van der Waals surface area (Å²) in [6.07, 6.45) is 0.710. The molecule has 0 aromatic heterocycles. The summed E-state index contributed by atoms with van der Waals surface area (Å²) in [6.45, 7) is 2.44. The Balaban J connectivity index is 3.26. The first-order valence-corrected chi connectivity index (χ1v) is 5.74. The van der Waals surface area contributed by atoms with E-state index >= 15 is 0 Å². The van der Waals surface area contributed by atoms with Crippen LogP contribution in [0.3, 0.4) is 0 Å². The molecule has 1 aromatic carbocycles. The Kier molecular flexibility index (Phi) is 4.97. The van der Waals surface area contributed by atoms with Gasteiger partial charge in [0.1, 0.15) is 0 Å². The van der Waals surface area contributed by atoms with Crippen LogP contribution < -0.4 is 10.5 Å². The fourth-order valence-electron chi connectivity index (χ4n) is 1.80. The van der Waals surface area contributed by atoms with Gasteiger partial charge < -0.3 is 20.3 Å². The molecular weight excluding hydrogens is 234 g/mol. The molecule has 0 saturated carbocycles. The van der Waals surface area contributed by atoms with Crippen LogP contribution in [0.15, 0.2) is 12.1 Å². The highest BCUT2D eigenvalue weighted by atomic mass is 16.5. The summed E-state index contributed by atoms with van der Waals surface area (Å²) in [5, 5.41) is 10.0. The van der Waals surface area contributed by atoms with Gasteiger partial charge in [0.25, 0.3) is 0 Å². The number of esters is 1. The molecule has 1 aromatic rings. The van der Waals surface area contributed by atoms with Gasteiger partial charge in [0.15, 0.2) is 11.5 Å². The van der Waals surface area contributed by atoms with E-state index in [0.29, 0.717) is 24.1 Å². The molecule has 0 bridgehead atoms. The lowest BCUT2D eigenvalue weighted by Gasteiger charge is -2.16. The lowest BCUT2D eigenvalue weighted by molar-refractivity contribution is 0.0600. The number of carbonyl (C=O) groups excluding carboxylic acids is 1. The van der Waals surface area contributed by atoms with Crippen molar-refractivity contribution in [1.82, 2.24) is 0 Å². The zero-order valence-electron chi connectivity index (χ0n) is 10.9. The van der Waals surface area contributed by atoms with Gasteiger partial charge in [-0.25, -0.2) is 4.79 Å². The number of carbonyl (C=O) groups is 1. The molecule has 18 heavy (non-hydrogen) atoms. The third kappa shape index (κ3) is 2.92. The summed E-state index contributed by atoms with van der Waals surface area (Å²) in [5.74, 6) is -0.120. The standard InChI is InChI=1S/C13H19NO4/c1-8(4-5-14)10-6-9(13(16)18-3)7-11(17-2)12(10)15/h6-8,15H,4-5,14H2,1-3H3. The first-order valence-electron chi connectivity index (χ1n) is 5.74. The Labute approximate surface area is 107 Å². The normalized spacial score (nSPS) is 12.0. The Morgan fingerprint density at radius 2 is 2.11 bits per heavy atom. The van der Waals surface area contributed by atoms with E-state index < -0.39 is 5.97 Å². The van der Waals surface area contributed by atoms with E-state index in [0.717, 1.165) is 0 Å². The fraction of sp³-hybridized carbons (Fsp3) is 0.462. The number of hydrogen-bond acceptors (Lipinski definition) is 5. The van der Waals surface area contributed by atoms with Gasteiger partial charge in [-0.05, 0) is 31.0 Å². The number of benzene rings is 1. The summed E-state index contributed by atoms with van der Waals surface area (Å²) in [4.78, 5) is 11.5. The Hall–Kier alpha value is -1.75. The van der Waals surface area contributed by atoms with Crippen molar-refractivity contribution < 1.29 is 19.4 Å². The molecule has 0 heterocycles. The molecule has 1 unspecified atom stereocenters. The topological polar surface area (TPSA) is 81.8 Å². The van der Waals surface area contributed by atoms with E-state index in [-0.39, 0.29) is 17.4 Å². The Morgan fingerprint density at radius 1 is 1.44 bits per heavy atom. The lowest BCUT2D eigenvalue weighted by Crippen LogP contribution is -2.08. The van der Waals surface area contributed by atoms with E-state index in [1.54, 1.807) is 6.07 Å². The van der Waals surface area contributed by atoms with E-state index in [4.69, 9.17) is 10.5 Å². The van der Waals surface area contributed by atoms with Gasteiger partial charge in [-0.3, -0.25) is 0 Å². The zero-order valence-corrected chi connectivity index (χ0v) is 10.9. The van der Waals surface area contributed by atoms with Gasteiger partial charge in [0.05, 0.1) is 19.8 Å². The van der Waals surface area contributed by atoms with E-state index in [2.05, 4.69) is 4.74 Å². The summed E-state index contributed by atoms with van der Waals surface area (Å²) in [7, 11) is 2.75. The van der Waals surface area contributed by atoms with Crippen molar-refractivity contribution in [3.05, 3.63) is 23.3 Å². The highest BCUT2D eigenvalue weighted by Crippen LogP contribution is 2.37. The maximum atomic E-state index is 11.5. The number of phenols is 1. The Bertz CT molecular complexity index is 431. The lowest BCUT2D eigenvalue weighted by atomic mass is 9.94. The molecule has 0 aliphatic carbocycles. The van der Waals surface area contributed by atoms with Crippen molar-refractivity contribution in [3.8, 4) is 11.5 Å². The molecule has 100 valence electrons. The minimum Gasteiger partial charge on any atom is -0.504 e. The number of nitrogens with two attached hydrogens (primary N) is 1. The number of ether oxygens (including phenoxy) is 2. The molecule has 5 heteroatoms. The van der Waals surface area contributed by atoms with Crippen LogP contribution >= 0.6 is 0 Å². The molecule has 0 radical (unpaired) electrons. The Morgan fingerprint density at radius 3 is 2.61 bits per heavy atom. The molecule has 0 aliphatic rings. The molecule has 1 rings (SSSR count). The smallest absolute Gasteiger partial charge is 0.337 e. The summed E-state index contributed by atoms with van der Waals surface area (Å²) in [5.41, 5.74) is 6.50. The van der Waals surface area contributed by atoms with Crippen molar-refractivity contribution in [2.75, 3.05) is 20.8 Å². The molecule has 5 nitrogen and oxygen atoms in total. The maximum Gasteiger partial charge on any atom is 0.337 e. The highest BCUT2D eigenvalue weighted by Gasteiger charge is 2.18. The van der Waals surface area contributed by atoms with Gasteiger partial charge in [-0.2, -0.15) is 0 Å². The monoisotopic (exact) mass is 253 g/mol. The molecule has 0 aliphatic heterocycles. The molecule has 3 N–H and O–H groups in total. The third-order valence-corrected chi connectivity index (χ3v) is 2.88. The number of rotatable bonds is 5. The second-order valence-electron chi connectivity index (χ2n) is 4.09. The molecule has 1 atom stereocenters. The van der Waals surface area contributed by atoms with Crippen LogP contribution in [0.25, 0.3) is 0 Å². The third-order valence-electron chi connectivity index (χ3n) is 2.88. The summed E-state index contributed by atoms with van der Waals surface area (Å²) >= 11 is 0. The summed E-state index contributed by atoms with van der Waals surface area (Å²) < 4.78 is 9.73. The predicted molar refractivity (Wildman–Crippen MR) is 68.1 cm³/mol. The highest BCUT2D eigenvalue weighted by molar-refractivity contribution is 5.90. The van der Waals surface area contributed by atoms with Crippen LogP contribution in [0, 0.1) is 0 Å². The van der Waals surface area contributed by atoms with Crippen molar-refractivity contribution in [2.45, 2.75) is 19.3 Å². The maximum absolute atomic E-state index is 11.5. The van der Waals surface area contributed by atoms with Gasteiger partial charge >= 0.3 is 5.97 Å². The largest absolute Gasteiger partial charge is 0.504 e. The number of hydrogen-bond donors (Lipinski definition) is 2. The molecule has 0 fully saturated rings. The van der Waals surface area contributed by atoms with E-state index in [1.165, 1.54) is 20.3 Å². The predicted octanol–water partition coefficient (Wildman–Crippen LogP) is 1.64. The van der Waals surface area contributed by atoms with Gasteiger partial charge in [0, 0.05) is 5.56 Å². The van der Waals surface area contributed by atoms with E-state index in [9.17, 15) is 9.90 Å². The van der Waals surface area contributed by atoms with Crippen LogP contribution in [-0.4, -0.2) is 31.8 Å².